The molecule has 176 valence electrons. The van der Waals surface area contributed by atoms with Gasteiger partial charge in [-0.3, -0.25) is 14.4 Å². The number of amides is 3. The predicted octanol–water partition coefficient (Wildman–Crippen LogP) is 4.57. The van der Waals surface area contributed by atoms with Gasteiger partial charge in [0.2, 0.25) is 17.7 Å². The lowest BCUT2D eigenvalue weighted by molar-refractivity contribution is -0.131. The zero-order valence-corrected chi connectivity index (χ0v) is 19.9. The van der Waals surface area contributed by atoms with Gasteiger partial charge in [0.1, 0.15) is 0 Å². The maximum absolute atomic E-state index is 12.4. The molecule has 6 nitrogen and oxygen atoms in total. The van der Waals surface area contributed by atoms with E-state index in [1.165, 1.54) is 19.3 Å². The molecule has 0 rings (SSSR count). The molecule has 0 radical (unpaired) electrons. The Balaban J connectivity index is 3.74. The summed E-state index contributed by atoms with van der Waals surface area (Å²) in [5, 5.41) is 5.77. The molecule has 0 spiro atoms. The van der Waals surface area contributed by atoms with Crippen LogP contribution in [0.1, 0.15) is 111 Å². The van der Waals surface area contributed by atoms with Gasteiger partial charge in [-0.05, 0) is 32.1 Å². The summed E-state index contributed by atoms with van der Waals surface area (Å²) in [6, 6.07) is 0. The van der Waals surface area contributed by atoms with E-state index in [4.69, 9.17) is 0 Å². The molecule has 0 fully saturated rings. The van der Waals surface area contributed by atoms with Gasteiger partial charge in [0.15, 0.2) is 0 Å². The third kappa shape index (κ3) is 17.3. The molecule has 6 heteroatoms. The van der Waals surface area contributed by atoms with Gasteiger partial charge in [-0.2, -0.15) is 0 Å². The van der Waals surface area contributed by atoms with Gasteiger partial charge in [0.25, 0.3) is 0 Å². The second-order valence-corrected chi connectivity index (χ2v) is 8.16. The molecule has 0 saturated carbocycles. The van der Waals surface area contributed by atoms with Crippen LogP contribution in [0.5, 0.6) is 0 Å². The van der Waals surface area contributed by atoms with E-state index in [-0.39, 0.29) is 17.7 Å². The maximum Gasteiger partial charge on any atom is 0.222 e. The number of nitrogens with one attached hydrogen (secondary N) is 2. The molecule has 0 aromatic rings. The van der Waals surface area contributed by atoms with Crippen molar-refractivity contribution in [2.24, 2.45) is 0 Å². The summed E-state index contributed by atoms with van der Waals surface area (Å²) in [5.74, 6) is 0.273. The molecule has 0 heterocycles. The van der Waals surface area contributed by atoms with Crippen molar-refractivity contribution < 1.29 is 14.4 Å². The van der Waals surface area contributed by atoms with Crippen molar-refractivity contribution in [3.8, 4) is 0 Å². The van der Waals surface area contributed by atoms with Gasteiger partial charge in [0, 0.05) is 45.4 Å². The summed E-state index contributed by atoms with van der Waals surface area (Å²) >= 11 is 0. The van der Waals surface area contributed by atoms with Crippen molar-refractivity contribution in [3.63, 3.8) is 0 Å². The van der Waals surface area contributed by atoms with Crippen LogP contribution in [-0.4, -0.2) is 48.8 Å². The van der Waals surface area contributed by atoms with Crippen LogP contribution < -0.4 is 10.6 Å². The number of carbonyl (C=O) groups is 3. The summed E-state index contributed by atoms with van der Waals surface area (Å²) in [6.45, 7) is 9.21. The van der Waals surface area contributed by atoms with Crippen LogP contribution in [0.4, 0.5) is 0 Å². The molecule has 3 amide bonds. The van der Waals surface area contributed by atoms with E-state index in [0.717, 1.165) is 51.6 Å². The summed E-state index contributed by atoms with van der Waals surface area (Å²) in [4.78, 5) is 38.0. The Kier molecular flexibility index (Phi) is 19.6. The first-order chi connectivity index (χ1) is 14.5. The van der Waals surface area contributed by atoms with Crippen molar-refractivity contribution in [1.29, 1.82) is 0 Å². The Morgan fingerprint density at radius 1 is 0.567 bits per heavy atom. The van der Waals surface area contributed by atoms with Gasteiger partial charge in [-0.15, -0.1) is 0 Å². The summed E-state index contributed by atoms with van der Waals surface area (Å²) in [7, 11) is 0. The number of carbonyl (C=O) groups excluding carboxylic acids is 3. The smallest absolute Gasteiger partial charge is 0.222 e. The van der Waals surface area contributed by atoms with Crippen LogP contribution in [0.3, 0.4) is 0 Å². The van der Waals surface area contributed by atoms with Gasteiger partial charge < -0.3 is 15.5 Å². The van der Waals surface area contributed by atoms with Gasteiger partial charge >= 0.3 is 0 Å². The van der Waals surface area contributed by atoms with E-state index in [0.29, 0.717) is 45.2 Å². The first-order valence-corrected chi connectivity index (χ1v) is 12.4. The first-order valence-electron chi connectivity index (χ1n) is 12.4. The lowest BCUT2D eigenvalue weighted by atomic mass is 10.1. The van der Waals surface area contributed by atoms with Crippen LogP contribution in [0.15, 0.2) is 0 Å². The molecular weight excluding hydrogens is 378 g/mol. The fourth-order valence-corrected chi connectivity index (χ4v) is 3.23. The molecule has 0 unspecified atom stereocenters. The van der Waals surface area contributed by atoms with Crippen LogP contribution in [0.25, 0.3) is 0 Å². The quantitative estimate of drug-likeness (QED) is 0.281. The minimum absolute atomic E-state index is 0.00918. The largest absolute Gasteiger partial charge is 0.356 e. The zero-order valence-electron chi connectivity index (χ0n) is 19.9. The molecule has 0 aliphatic rings. The number of nitrogens with zero attached hydrogens (tertiary/aromatic N) is 1. The van der Waals surface area contributed by atoms with Gasteiger partial charge in [0.05, 0.1) is 0 Å². The second-order valence-electron chi connectivity index (χ2n) is 8.16. The summed E-state index contributed by atoms with van der Waals surface area (Å²) in [6.07, 6.45) is 12.8. The fourth-order valence-electron chi connectivity index (χ4n) is 3.23. The number of unbranched alkanes of at least 4 members (excludes halogenated alkanes) is 6. The van der Waals surface area contributed by atoms with Crippen LogP contribution in [0, 0.1) is 0 Å². The summed E-state index contributed by atoms with van der Waals surface area (Å²) in [5.41, 5.74) is 0. The third-order valence-corrected chi connectivity index (χ3v) is 5.22. The first kappa shape index (κ1) is 28.4. The standard InChI is InChI=1S/C24H47N3O3/c1-4-7-10-11-12-15-22(28)25-18-13-16-23(29)26-19-14-17-24(30)27(20-8-5-2)21-9-6-3/h4-21H2,1-3H3,(H,25,28)(H,26,29). The molecule has 0 aliphatic carbocycles. The average molecular weight is 426 g/mol. The third-order valence-electron chi connectivity index (χ3n) is 5.22. The Labute approximate surface area is 184 Å². The lowest BCUT2D eigenvalue weighted by Gasteiger charge is -2.22. The maximum atomic E-state index is 12.4. The van der Waals surface area contributed by atoms with Crippen LogP contribution >= 0.6 is 0 Å². The number of hydrogen-bond acceptors (Lipinski definition) is 3. The minimum atomic E-state index is -0.00918. The van der Waals surface area contributed by atoms with Crippen molar-refractivity contribution in [2.45, 2.75) is 111 Å². The molecular formula is C24H47N3O3. The highest BCUT2D eigenvalue weighted by Crippen LogP contribution is 2.05. The highest BCUT2D eigenvalue weighted by molar-refractivity contribution is 5.77. The molecule has 30 heavy (non-hydrogen) atoms. The normalized spacial score (nSPS) is 10.6. The monoisotopic (exact) mass is 425 g/mol. The molecule has 0 aromatic heterocycles. The second kappa shape index (κ2) is 20.7. The Morgan fingerprint density at radius 3 is 1.57 bits per heavy atom. The van der Waals surface area contributed by atoms with Crippen molar-refractivity contribution >= 4 is 17.7 Å². The van der Waals surface area contributed by atoms with E-state index in [9.17, 15) is 14.4 Å². The number of rotatable bonds is 20. The topological polar surface area (TPSA) is 78.5 Å². The van der Waals surface area contributed by atoms with E-state index in [2.05, 4.69) is 31.4 Å². The SMILES string of the molecule is CCCCCCCC(=O)NCCCC(=O)NCCCC(=O)N(CCCC)CCCC. The van der Waals surface area contributed by atoms with E-state index >= 15 is 0 Å². The van der Waals surface area contributed by atoms with Crippen molar-refractivity contribution in [2.75, 3.05) is 26.2 Å². The molecule has 2 N–H and O–H groups in total. The Morgan fingerprint density at radius 2 is 1.03 bits per heavy atom. The van der Waals surface area contributed by atoms with Crippen LogP contribution in [-0.2, 0) is 14.4 Å². The van der Waals surface area contributed by atoms with Crippen molar-refractivity contribution in [1.82, 2.24) is 15.5 Å². The highest BCUT2D eigenvalue weighted by atomic mass is 16.2. The van der Waals surface area contributed by atoms with Crippen molar-refractivity contribution in [3.05, 3.63) is 0 Å². The van der Waals surface area contributed by atoms with E-state index in [1.807, 2.05) is 4.90 Å². The van der Waals surface area contributed by atoms with E-state index in [1.54, 1.807) is 0 Å². The van der Waals surface area contributed by atoms with Gasteiger partial charge in [-0.1, -0.05) is 59.3 Å². The van der Waals surface area contributed by atoms with E-state index < -0.39 is 0 Å². The lowest BCUT2D eigenvalue weighted by Crippen LogP contribution is -2.33. The molecule has 0 bridgehead atoms. The Bertz CT molecular complexity index is 447. The average Bonchev–Trinajstić information content (AvgIpc) is 2.74. The fraction of sp³-hybridized carbons (Fsp3) is 0.875. The molecule has 0 atom stereocenters. The molecule has 0 saturated heterocycles. The highest BCUT2D eigenvalue weighted by Gasteiger charge is 2.12. The molecule has 0 aromatic carbocycles. The molecule has 0 aliphatic heterocycles. The van der Waals surface area contributed by atoms with Gasteiger partial charge in [-0.25, -0.2) is 0 Å². The Hall–Kier alpha value is -1.59. The minimum Gasteiger partial charge on any atom is -0.356 e. The predicted molar refractivity (Wildman–Crippen MR) is 124 cm³/mol. The van der Waals surface area contributed by atoms with Crippen LogP contribution in [0.2, 0.25) is 0 Å². The number of hydrogen-bond donors (Lipinski definition) is 2. The zero-order chi connectivity index (χ0) is 22.5. The summed E-state index contributed by atoms with van der Waals surface area (Å²) < 4.78 is 0.